The number of aryl methyl sites for hydroxylation is 2. The summed E-state index contributed by atoms with van der Waals surface area (Å²) in [6.07, 6.45) is 1.69. The molecule has 1 aromatic carbocycles. The minimum atomic E-state index is -0.457. The van der Waals surface area contributed by atoms with E-state index in [1.54, 1.807) is 24.4 Å². The average Bonchev–Trinajstić information content (AvgIpc) is 2.57. The van der Waals surface area contributed by atoms with Gasteiger partial charge in [-0.05, 0) is 43.7 Å². The Morgan fingerprint density at radius 1 is 1.08 bits per heavy atom. The van der Waals surface area contributed by atoms with Crippen LogP contribution in [0.1, 0.15) is 27.2 Å². The van der Waals surface area contributed by atoms with E-state index in [2.05, 4.69) is 10.3 Å². The van der Waals surface area contributed by atoms with E-state index in [-0.39, 0.29) is 11.1 Å². The lowest BCUT2D eigenvalue weighted by Gasteiger charge is -2.09. The second-order valence-electron chi connectivity index (χ2n) is 5.96. The molecule has 25 heavy (non-hydrogen) atoms. The number of anilines is 1. The largest absolute Gasteiger partial charge is 0.310 e. The van der Waals surface area contributed by atoms with Crippen LogP contribution >= 0.6 is 0 Å². The number of nitrogens with one attached hydrogen (secondary N) is 1. The van der Waals surface area contributed by atoms with Gasteiger partial charge in [0.15, 0.2) is 0 Å². The van der Waals surface area contributed by atoms with E-state index in [0.29, 0.717) is 12.4 Å². The lowest BCUT2D eigenvalue weighted by Crippen LogP contribution is -2.29. The van der Waals surface area contributed by atoms with E-state index in [4.69, 9.17) is 0 Å². The molecule has 0 aliphatic carbocycles. The van der Waals surface area contributed by atoms with Crippen LogP contribution in [0, 0.1) is 13.8 Å². The molecule has 1 N–H and O–H groups in total. The first-order valence-corrected chi connectivity index (χ1v) is 8.03. The molecule has 2 heterocycles. The number of hydrogen-bond donors (Lipinski definition) is 1. The Kier molecular flexibility index (Phi) is 4.75. The van der Waals surface area contributed by atoms with Crippen LogP contribution in [0.4, 0.5) is 5.82 Å². The highest BCUT2D eigenvalue weighted by Gasteiger charge is 2.13. The Bertz CT molecular complexity index is 976. The number of benzene rings is 1. The monoisotopic (exact) mass is 333 g/mol. The van der Waals surface area contributed by atoms with Gasteiger partial charge in [0.25, 0.3) is 11.5 Å². The molecule has 0 atom stereocenters. The molecule has 0 saturated heterocycles. The van der Waals surface area contributed by atoms with Crippen molar-refractivity contribution >= 4 is 11.7 Å². The van der Waals surface area contributed by atoms with Gasteiger partial charge in [0, 0.05) is 11.9 Å². The van der Waals surface area contributed by atoms with Crippen LogP contribution < -0.4 is 10.9 Å². The molecule has 0 saturated carbocycles. The van der Waals surface area contributed by atoms with Gasteiger partial charge in [-0.1, -0.05) is 35.9 Å². The fourth-order valence-electron chi connectivity index (χ4n) is 2.64. The van der Waals surface area contributed by atoms with Gasteiger partial charge in [-0.2, -0.15) is 0 Å². The van der Waals surface area contributed by atoms with Crippen LogP contribution in [0.15, 0.2) is 65.6 Å². The van der Waals surface area contributed by atoms with E-state index in [1.807, 2.05) is 44.2 Å². The van der Waals surface area contributed by atoms with Gasteiger partial charge in [-0.15, -0.1) is 0 Å². The van der Waals surface area contributed by atoms with Crippen LogP contribution in [0.5, 0.6) is 0 Å². The number of rotatable bonds is 4. The normalized spacial score (nSPS) is 10.5. The highest BCUT2D eigenvalue weighted by atomic mass is 16.2. The molecule has 3 rings (SSSR count). The van der Waals surface area contributed by atoms with Gasteiger partial charge >= 0.3 is 0 Å². The fraction of sp³-hybridized carbons (Fsp3) is 0.150. The summed E-state index contributed by atoms with van der Waals surface area (Å²) in [7, 11) is 0. The Hall–Kier alpha value is -3.21. The Morgan fingerprint density at radius 2 is 1.88 bits per heavy atom. The zero-order valence-corrected chi connectivity index (χ0v) is 14.2. The van der Waals surface area contributed by atoms with E-state index in [0.717, 1.165) is 16.8 Å². The van der Waals surface area contributed by atoms with Crippen molar-refractivity contribution < 1.29 is 4.79 Å². The first kappa shape index (κ1) is 16.6. The molecule has 1 amide bonds. The number of pyridine rings is 2. The molecule has 0 aliphatic rings. The zero-order chi connectivity index (χ0) is 17.8. The van der Waals surface area contributed by atoms with Gasteiger partial charge in [-0.3, -0.25) is 9.59 Å². The first-order valence-electron chi connectivity index (χ1n) is 8.03. The van der Waals surface area contributed by atoms with Gasteiger partial charge in [0.2, 0.25) is 0 Å². The number of amides is 1. The van der Waals surface area contributed by atoms with Crippen LogP contribution in [0.25, 0.3) is 0 Å². The Balaban J connectivity index is 1.85. The van der Waals surface area contributed by atoms with Crippen LogP contribution in [-0.4, -0.2) is 15.5 Å². The van der Waals surface area contributed by atoms with Crippen molar-refractivity contribution in [3.8, 4) is 0 Å². The maximum absolute atomic E-state index is 12.6. The minimum absolute atomic E-state index is 0.0958. The summed E-state index contributed by atoms with van der Waals surface area (Å²) < 4.78 is 1.54. The van der Waals surface area contributed by atoms with Crippen molar-refractivity contribution in [2.45, 2.75) is 20.4 Å². The van der Waals surface area contributed by atoms with E-state index >= 15 is 0 Å². The average molecular weight is 333 g/mol. The molecule has 0 aliphatic heterocycles. The van der Waals surface area contributed by atoms with E-state index < -0.39 is 5.91 Å². The third-order valence-corrected chi connectivity index (χ3v) is 3.83. The summed E-state index contributed by atoms with van der Waals surface area (Å²) in [5, 5.41) is 2.68. The van der Waals surface area contributed by atoms with Gasteiger partial charge in [0.05, 0.1) is 6.54 Å². The fourth-order valence-corrected chi connectivity index (χ4v) is 2.64. The summed E-state index contributed by atoms with van der Waals surface area (Å²) >= 11 is 0. The van der Waals surface area contributed by atoms with Crippen molar-refractivity contribution in [3.05, 3.63) is 93.5 Å². The summed E-state index contributed by atoms with van der Waals surface area (Å²) in [6, 6.07) is 16.5. The lowest BCUT2D eigenvalue weighted by molar-refractivity contribution is 0.102. The van der Waals surface area contributed by atoms with Gasteiger partial charge in [-0.25, -0.2) is 4.98 Å². The predicted molar refractivity (Wildman–Crippen MR) is 97.9 cm³/mol. The maximum atomic E-state index is 12.6. The molecule has 3 aromatic rings. The third kappa shape index (κ3) is 4.01. The molecule has 5 nitrogen and oxygen atoms in total. The van der Waals surface area contributed by atoms with Crippen molar-refractivity contribution in [3.63, 3.8) is 0 Å². The summed E-state index contributed by atoms with van der Waals surface area (Å²) in [4.78, 5) is 29.3. The van der Waals surface area contributed by atoms with Crippen molar-refractivity contribution in [2.24, 2.45) is 0 Å². The zero-order valence-electron chi connectivity index (χ0n) is 14.2. The molecule has 0 radical (unpaired) electrons. The van der Waals surface area contributed by atoms with Crippen LogP contribution in [-0.2, 0) is 6.54 Å². The van der Waals surface area contributed by atoms with Crippen molar-refractivity contribution in [2.75, 3.05) is 5.32 Å². The maximum Gasteiger partial charge on any atom is 0.263 e. The molecule has 126 valence electrons. The highest BCUT2D eigenvalue weighted by Crippen LogP contribution is 2.07. The van der Waals surface area contributed by atoms with Crippen LogP contribution in [0.3, 0.4) is 0 Å². The number of carbonyl (C=O) groups is 1. The lowest BCUT2D eigenvalue weighted by atomic mass is 10.1. The topological polar surface area (TPSA) is 64.0 Å². The van der Waals surface area contributed by atoms with E-state index in [9.17, 15) is 9.59 Å². The number of nitrogens with zero attached hydrogens (tertiary/aromatic N) is 2. The summed E-state index contributed by atoms with van der Waals surface area (Å²) in [6.45, 7) is 4.27. The highest BCUT2D eigenvalue weighted by molar-refractivity contribution is 6.03. The quantitative estimate of drug-likeness (QED) is 0.798. The molecule has 0 spiro atoms. The number of hydrogen-bond acceptors (Lipinski definition) is 3. The Labute approximate surface area is 146 Å². The second kappa shape index (κ2) is 7.13. The molecule has 0 fully saturated rings. The standard InChI is InChI=1S/C20H19N3O2/c1-14-6-3-8-16(12-14)13-23-11-5-9-17(20(23)25)19(24)22-18-10-4-7-15(2)21-18/h3-12H,13H2,1-2H3,(H,21,22,24). The smallest absolute Gasteiger partial charge is 0.263 e. The van der Waals surface area contributed by atoms with Gasteiger partial charge in [0.1, 0.15) is 11.4 Å². The first-order chi connectivity index (χ1) is 12.0. The van der Waals surface area contributed by atoms with E-state index in [1.165, 1.54) is 10.6 Å². The molecular formula is C20H19N3O2. The molecule has 2 aromatic heterocycles. The predicted octanol–water partition coefficient (Wildman–Crippen LogP) is 3.16. The molecular weight excluding hydrogens is 314 g/mol. The third-order valence-electron chi connectivity index (χ3n) is 3.83. The number of aromatic nitrogens is 2. The number of carbonyl (C=O) groups excluding carboxylic acids is 1. The van der Waals surface area contributed by atoms with Crippen molar-refractivity contribution in [1.29, 1.82) is 0 Å². The summed E-state index contributed by atoms with van der Waals surface area (Å²) in [5.74, 6) is -0.0276. The molecule has 0 bridgehead atoms. The molecule has 0 unspecified atom stereocenters. The van der Waals surface area contributed by atoms with Gasteiger partial charge < -0.3 is 9.88 Å². The van der Waals surface area contributed by atoms with Crippen LogP contribution in [0.2, 0.25) is 0 Å². The summed E-state index contributed by atoms with van der Waals surface area (Å²) in [5.41, 5.74) is 2.71. The molecule has 5 heteroatoms. The SMILES string of the molecule is Cc1cccc(Cn2cccc(C(=O)Nc3cccc(C)n3)c2=O)c1. The van der Waals surface area contributed by atoms with Crippen molar-refractivity contribution in [1.82, 2.24) is 9.55 Å². The second-order valence-corrected chi connectivity index (χ2v) is 5.96. The minimum Gasteiger partial charge on any atom is -0.310 e. The Morgan fingerprint density at radius 3 is 2.64 bits per heavy atom.